The third-order valence-electron chi connectivity index (χ3n) is 4.76. The highest BCUT2D eigenvalue weighted by molar-refractivity contribution is 7.89. The number of aryl methyl sites for hydroxylation is 1. The number of sulfonamides is 1. The van der Waals surface area contributed by atoms with Crippen LogP contribution in [0.4, 0.5) is 0 Å². The molecular weight excluding hydrogens is 406 g/mol. The first-order valence-electron chi connectivity index (χ1n) is 9.68. The smallest absolute Gasteiger partial charge is 0.309 e. The molecule has 0 bridgehead atoms. The van der Waals surface area contributed by atoms with E-state index >= 15 is 0 Å². The van der Waals surface area contributed by atoms with Crippen molar-refractivity contribution in [3.05, 3.63) is 65.7 Å². The van der Waals surface area contributed by atoms with Crippen molar-refractivity contribution in [2.24, 2.45) is 0 Å². The molecule has 2 aromatic carbocycles. The predicted molar refractivity (Wildman–Crippen MR) is 111 cm³/mol. The van der Waals surface area contributed by atoms with Gasteiger partial charge in [0.2, 0.25) is 10.0 Å². The number of ether oxygens (including phenoxy) is 1. The van der Waals surface area contributed by atoms with Gasteiger partial charge in [0, 0.05) is 13.1 Å². The highest BCUT2D eigenvalue weighted by Gasteiger charge is 2.36. The maximum atomic E-state index is 12.9. The van der Waals surface area contributed by atoms with Gasteiger partial charge in [0.15, 0.2) is 0 Å². The Kier molecular flexibility index (Phi) is 7.20. The summed E-state index contributed by atoms with van der Waals surface area (Å²) in [6.07, 6.45) is -0.258. The number of nitrogens with zero attached hydrogens (tertiary/aromatic N) is 1. The number of benzene rings is 2. The molecule has 8 nitrogen and oxygen atoms in total. The van der Waals surface area contributed by atoms with E-state index in [-0.39, 0.29) is 24.6 Å². The van der Waals surface area contributed by atoms with Gasteiger partial charge in [-0.15, -0.1) is 0 Å². The summed E-state index contributed by atoms with van der Waals surface area (Å²) in [5.74, 6) is -1.59. The lowest BCUT2D eigenvalue weighted by Crippen LogP contribution is -2.47. The van der Waals surface area contributed by atoms with Crippen LogP contribution < -0.4 is 10.6 Å². The lowest BCUT2D eigenvalue weighted by atomic mass is 10.1. The summed E-state index contributed by atoms with van der Waals surface area (Å²) < 4.78 is 32.4. The summed E-state index contributed by atoms with van der Waals surface area (Å²) in [4.78, 5) is 24.2. The largest absolute Gasteiger partial charge is 0.359 e. The molecule has 1 heterocycles. The second-order valence-corrected chi connectivity index (χ2v) is 8.85. The van der Waals surface area contributed by atoms with Gasteiger partial charge >= 0.3 is 11.8 Å². The minimum absolute atomic E-state index is 0.115. The van der Waals surface area contributed by atoms with Crippen LogP contribution in [0, 0.1) is 6.92 Å². The van der Waals surface area contributed by atoms with Gasteiger partial charge in [-0.3, -0.25) is 9.59 Å². The van der Waals surface area contributed by atoms with E-state index in [4.69, 9.17) is 4.74 Å². The molecule has 3 rings (SSSR count). The van der Waals surface area contributed by atoms with Crippen LogP contribution in [0.3, 0.4) is 0 Å². The molecule has 2 amide bonds. The standard InChI is InChI=1S/C21H25N3O5S/c1-16-7-9-18(10-8-16)30(27,28)24-13-14-29-19(24)15-23-21(26)20(25)22-12-11-17-5-3-2-4-6-17/h2-10,19H,11-15H2,1H3,(H,22,25)(H,23,26)/t19-/m0/s1. The van der Waals surface area contributed by atoms with Gasteiger partial charge in [0.1, 0.15) is 6.23 Å². The molecule has 1 aliphatic heterocycles. The first-order valence-corrected chi connectivity index (χ1v) is 11.1. The summed E-state index contributed by atoms with van der Waals surface area (Å²) in [7, 11) is -3.76. The maximum Gasteiger partial charge on any atom is 0.309 e. The molecule has 1 aliphatic rings. The minimum Gasteiger partial charge on any atom is -0.359 e. The molecule has 0 saturated carbocycles. The van der Waals surface area contributed by atoms with Crippen molar-refractivity contribution < 1.29 is 22.7 Å². The Morgan fingerprint density at radius 3 is 2.40 bits per heavy atom. The number of carbonyl (C=O) groups is 2. The van der Waals surface area contributed by atoms with Gasteiger partial charge in [0.05, 0.1) is 18.0 Å². The topological polar surface area (TPSA) is 105 Å². The van der Waals surface area contributed by atoms with Crippen LogP contribution in [0.2, 0.25) is 0 Å². The summed E-state index contributed by atoms with van der Waals surface area (Å²) in [5.41, 5.74) is 2.00. The zero-order valence-corrected chi connectivity index (χ0v) is 17.5. The van der Waals surface area contributed by atoms with E-state index in [1.165, 1.54) is 4.31 Å². The quantitative estimate of drug-likeness (QED) is 0.632. The van der Waals surface area contributed by atoms with E-state index in [0.29, 0.717) is 13.0 Å². The van der Waals surface area contributed by atoms with Crippen LogP contribution in [-0.4, -0.2) is 57.0 Å². The van der Waals surface area contributed by atoms with Gasteiger partial charge < -0.3 is 15.4 Å². The number of rotatable bonds is 7. The highest BCUT2D eigenvalue weighted by atomic mass is 32.2. The molecule has 9 heteroatoms. The van der Waals surface area contributed by atoms with Crippen LogP contribution in [0.5, 0.6) is 0 Å². The summed E-state index contributed by atoms with van der Waals surface area (Å²) in [5, 5.41) is 5.01. The molecule has 0 unspecified atom stereocenters. The Hall–Kier alpha value is -2.75. The van der Waals surface area contributed by atoms with Crippen LogP contribution >= 0.6 is 0 Å². The van der Waals surface area contributed by atoms with E-state index in [0.717, 1.165) is 11.1 Å². The van der Waals surface area contributed by atoms with Crippen LogP contribution in [0.15, 0.2) is 59.5 Å². The Morgan fingerprint density at radius 2 is 1.70 bits per heavy atom. The maximum absolute atomic E-state index is 12.9. The number of hydrogen-bond donors (Lipinski definition) is 2. The van der Waals surface area contributed by atoms with Crippen molar-refractivity contribution in [3.63, 3.8) is 0 Å². The molecule has 1 atom stereocenters. The number of amides is 2. The SMILES string of the molecule is Cc1ccc(S(=O)(=O)N2CCO[C@H]2CNC(=O)C(=O)NCCc2ccccc2)cc1. The molecule has 30 heavy (non-hydrogen) atoms. The molecule has 160 valence electrons. The predicted octanol–water partition coefficient (Wildman–Crippen LogP) is 0.817. The van der Waals surface area contributed by atoms with Crippen LogP contribution in [-0.2, 0) is 30.8 Å². The van der Waals surface area contributed by atoms with Crippen LogP contribution in [0.25, 0.3) is 0 Å². The minimum atomic E-state index is -3.76. The van der Waals surface area contributed by atoms with Gasteiger partial charge in [-0.05, 0) is 31.0 Å². The molecular formula is C21H25N3O5S. The fourth-order valence-electron chi connectivity index (χ4n) is 3.09. The van der Waals surface area contributed by atoms with E-state index in [2.05, 4.69) is 10.6 Å². The molecule has 2 N–H and O–H groups in total. The first-order chi connectivity index (χ1) is 14.4. The molecule has 0 aromatic heterocycles. The number of carbonyl (C=O) groups excluding carboxylic acids is 2. The van der Waals surface area contributed by atoms with Crippen molar-refractivity contribution in [2.75, 3.05) is 26.2 Å². The monoisotopic (exact) mass is 431 g/mol. The third kappa shape index (κ3) is 5.44. The molecule has 0 spiro atoms. The average Bonchev–Trinajstić information content (AvgIpc) is 3.22. The second kappa shape index (κ2) is 9.84. The Bertz CT molecular complexity index is 977. The van der Waals surface area contributed by atoms with Crippen molar-refractivity contribution in [2.45, 2.75) is 24.5 Å². The van der Waals surface area contributed by atoms with Crippen molar-refractivity contribution in [1.82, 2.24) is 14.9 Å². The highest BCUT2D eigenvalue weighted by Crippen LogP contribution is 2.22. The van der Waals surface area contributed by atoms with Crippen molar-refractivity contribution in [3.8, 4) is 0 Å². The van der Waals surface area contributed by atoms with Gasteiger partial charge in [-0.25, -0.2) is 8.42 Å². The summed E-state index contributed by atoms with van der Waals surface area (Å²) in [6.45, 7) is 2.48. The van der Waals surface area contributed by atoms with E-state index < -0.39 is 28.1 Å². The molecule has 0 radical (unpaired) electrons. The molecule has 1 saturated heterocycles. The third-order valence-corrected chi connectivity index (χ3v) is 6.66. The zero-order chi connectivity index (χ0) is 21.6. The van der Waals surface area contributed by atoms with E-state index in [9.17, 15) is 18.0 Å². The van der Waals surface area contributed by atoms with Crippen molar-refractivity contribution in [1.29, 1.82) is 0 Å². The van der Waals surface area contributed by atoms with Gasteiger partial charge in [-0.2, -0.15) is 4.31 Å². The van der Waals surface area contributed by atoms with Crippen LogP contribution in [0.1, 0.15) is 11.1 Å². The summed E-state index contributed by atoms with van der Waals surface area (Å²) >= 11 is 0. The average molecular weight is 432 g/mol. The van der Waals surface area contributed by atoms with E-state index in [1.54, 1.807) is 24.3 Å². The van der Waals surface area contributed by atoms with E-state index in [1.807, 2.05) is 37.3 Å². The van der Waals surface area contributed by atoms with Gasteiger partial charge in [-0.1, -0.05) is 48.0 Å². The Balaban J connectivity index is 1.50. The Labute approximate surface area is 176 Å². The Morgan fingerprint density at radius 1 is 1.03 bits per heavy atom. The molecule has 0 aliphatic carbocycles. The zero-order valence-electron chi connectivity index (χ0n) is 16.7. The molecule has 1 fully saturated rings. The lowest BCUT2D eigenvalue weighted by Gasteiger charge is -2.22. The van der Waals surface area contributed by atoms with Crippen molar-refractivity contribution >= 4 is 21.8 Å². The number of hydrogen-bond acceptors (Lipinski definition) is 5. The normalized spacial score (nSPS) is 16.9. The second-order valence-electron chi connectivity index (χ2n) is 6.96. The molecule has 2 aromatic rings. The number of nitrogens with one attached hydrogen (secondary N) is 2. The first kappa shape index (κ1) is 21.9. The van der Waals surface area contributed by atoms with Gasteiger partial charge in [0.25, 0.3) is 0 Å². The fourth-order valence-corrected chi connectivity index (χ4v) is 4.60. The lowest BCUT2D eigenvalue weighted by molar-refractivity contribution is -0.139. The fraction of sp³-hybridized carbons (Fsp3) is 0.333. The summed E-state index contributed by atoms with van der Waals surface area (Å²) in [6, 6.07) is 16.1.